The molecule has 3 aromatic rings. The van der Waals surface area contributed by atoms with E-state index in [1.54, 1.807) is 0 Å². The highest BCUT2D eigenvalue weighted by molar-refractivity contribution is 5.87. The van der Waals surface area contributed by atoms with Gasteiger partial charge in [0, 0.05) is 37.2 Å². The maximum absolute atomic E-state index is 12.9. The molecule has 1 aliphatic heterocycles. The number of anilines is 1. The number of hydrogen-bond acceptors (Lipinski definition) is 4. The summed E-state index contributed by atoms with van der Waals surface area (Å²) in [5.74, 6) is 1.76. The minimum absolute atomic E-state index is 0.249. The molecule has 2 aliphatic rings. The molecule has 5 rings (SSSR count). The second-order valence-corrected chi connectivity index (χ2v) is 8.65. The number of nitrogens with one attached hydrogen (secondary N) is 2. The number of carbonyl (C=O) groups excluding carboxylic acids is 1. The van der Waals surface area contributed by atoms with E-state index in [9.17, 15) is 4.79 Å². The lowest BCUT2D eigenvalue weighted by Crippen LogP contribution is -2.35. The number of pyridine rings is 1. The van der Waals surface area contributed by atoms with E-state index in [1.165, 1.54) is 24.8 Å². The zero-order chi connectivity index (χ0) is 20.3. The van der Waals surface area contributed by atoms with Gasteiger partial charge in [-0.15, -0.1) is 0 Å². The molecule has 0 spiro atoms. The number of fused-ring (bicyclic) bond motifs is 1. The lowest BCUT2D eigenvalue weighted by atomic mass is 9.88. The van der Waals surface area contributed by atoms with Crippen LogP contribution in [0.4, 0.5) is 5.82 Å². The van der Waals surface area contributed by atoms with Gasteiger partial charge in [0.2, 0.25) is 5.91 Å². The molecule has 1 saturated carbocycles. The van der Waals surface area contributed by atoms with Gasteiger partial charge in [-0.05, 0) is 37.0 Å². The third-order valence-corrected chi connectivity index (χ3v) is 6.62. The molecule has 2 fully saturated rings. The number of nitrogens with zero attached hydrogens (tertiary/aromatic N) is 3. The first kappa shape index (κ1) is 19.1. The lowest BCUT2D eigenvalue weighted by molar-refractivity contribution is -0.135. The van der Waals surface area contributed by atoms with Crippen molar-refractivity contribution in [1.29, 1.82) is 0 Å². The fraction of sp³-hybridized carbons (Fsp3) is 0.458. The topological polar surface area (TPSA) is 73.9 Å². The van der Waals surface area contributed by atoms with Gasteiger partial charge in [-0.2, -0.15) is 5.10 Å². The molecule has 2 N–H and O–H groups in total. The number of benzene rings is 1. The summed E-state index contributed by atoms with van der Waals surface area (Å²) in [6, 6.07) is 14.5. The molecule has 6 nitrogen and oxygen atoms in total. The van der Waals surface area contributed by atoms with Crippen LogP contribution in [0.15, 0.2) is 42.5 Å². The van der Waals surface area contributed by atoms with Gasteiger partial charge in [0.1, 0.15) is 0 Å². The van der Waals surface area contributed by atoms with E-state index in [2.05, 4.69) is 44.7 Å². The van der Waals surface area contributed by atoms with Crippen molar-refractivity contribution in [2.45, 2.75) is 51.0 Å². The first-order chi connectivity index (χ1) is 14.8. The van der Waals surface area contributed by atoms with Gasteiger partial charge in [-0.25, -0.2) is 4.98 Å². The van der Waals surface area contributed by atoms with E-state index < -0.39 is 0 Å². The zero-order valence-corrected chi connectivity index (χ0v) is 17.3. The molecule has 1 aliphatic carbocycles. The fourth-order valence-electron chi connectivity index (χ4n) is 4.87. The molecule has 2 aromatic heterocycles. The summed E-state index contributed by atoms with van der Waals surface area (Å²) < 4.78 is 0. The number of carbonyl (C=O) groups is 1. The summed E-state index contributed by atoms with van der Waals surface area (Å²) in [5, 5.41) is 11.9. The molecule has 6 heteroatoms. The number of aromatic nitrogens is 3. The van der Waals surface area contributed by atoms with Crippen LogP contribution in [-0.4, -0.2) is 39.1 Å². The third-order valence-electron chi connectivity index (χ3n) is 6.62. The number of likely N-dealkylation sites (tertiary alicyclic amines) is 1. The summed E-state index contributed by atoms with van der Waals surface area (Å²) in [6.07, 6.45) is 6.81. The van der Waals surface area contributed by atoms with Crippen molar-refractivity contribution in [1.82, 2.24) is 20.1 Å². The van der Waals surface area contributed by atoms with Gasteiger partial charge in [-0.3, -0.25) is 9.89 Å². The Morgan fingerprint density at radius 1 is 1.07 bits per heavy atom. The van der Waals surface area contributed by atoms with Gasteiger partial charge in [-0.1, -0.05) is 49.6 Å². The molecule has 0 unspecified atom stereocenters. The maximum Gasteiger partial charge on any atom is 0.225 e. The van der Waals surface area contributed by atoms with E-state index in [-0.39, 0.29) is 5.92 Å². The largest absolute Gasteiger partial charge is 0.364 e. The molecule has 0 bridgehead atoms. The Morgan fingerprint density at radius 2 is 1.90 bits per heavy atom. The summed E-state index contributed by atoms with van der Waals surface area (Å²) in [4.78, 5) is 19.8. The van der Waals surface area contributed by atoms with Crippen LogP contribution < -0.4 is 5.32 Å². The first-order valence-electron chi connectivity index (χ1n) is 11.2. The lowest BCUT2D eigenvalue weighted by Gasteiger charge is -2.26. The van der Waals surface area contributed by atoms with Crippen LogP contribution in [0.3, 0.4) is 0 Å². The molecule has 156 valence electrons. The average molecular weight is 404 g/mol. The van der Waals surface area contributed by atoms with Crippen molar-refractivity contribution in [3.05, 3.63) is 53.7 Å². The smallest absolute Gasteiger partial charge is 0.225 e. The summed E-state index contributed by atoms with van der Waals surface area (Å²) in [5.41, 5.74) is 3.08. The molecular weight excluding hydrogens is 374 g/mol. The molecule has 0 radical (unpaired) electrons. The number of rotatable bonds is 5. The Kier molecular flexibility index (Phi) is 5.39. The fourth-order valence-corrected chi connectivity index (χ4v) is 4.87. The quantitative estimate of drug-likeness (QED) is 0.659. The van der Waals surface area contributed by atoms with Crippen molar-refractivity contribution in [2.75, 3.05) is 18.4 Å². The number of amides is 1. The highest BCUT2D eigenvalue weighted by Gasteiger charge is 2.32. The molecule has 1 atom stereocenters. The van der Waals surface area contributed by atoms with E-state index in [0.29, 0.717) is 11.8 Å². The Balaban J connectivity index is 1.25. The van der Waals surface area contributed by atoms with Crippen molar-refractivity contribution in [3.63, 3.8) is 0 Å². The van der Waals surface area contributed by atoms with Crippen LogP contribution in [0, 0.1) is 5.92 Å². The van der Waals surface area contributed by atoms with Crippen LogP contribution in [0.25, 0.3) is 11.0 Å². The van der Waals surface area contributed by atoms with Gasteiger partial charge in [0.05, 0.1) is 5.39 Å². The van der Waals surface area contributed by atoms with E-state index >= 15 is 0 Å². The molecule has 1 aromatic carbocycles. The van der Waals surface area contributed by atoms with E-state index in [4.69, 9.17) is 4.98 Å². The number of hydrogen-bond donors (Lipinski definition) is 2. The molecule has 30 heavy (non-hydrogen) atoms. The summed E-state index contributed by atoms with van der Waals surface area (Å²) in [6.45, 7) is 2.37. The Labute approximate surface area is 177 Å². The predicted octanol–water partition coefficient (Wildman–Crippen LogP) is 4.47. The highest BCUT2D eigenvalue weighted by Crippen LogP contribution is 2.32. The standard InChI is InChI=1S/C24H29N5O/c30-24(18-9-5-2-6-10-18)29-14-13-19(16-29)21-12-11-20-22(27-28-23(20)26-21)25-15-17-7-3-1-4-8-17/h1,3-4,7-8,11-12,18-19H,2,5-6,9-10,13-16H2,(H2,25,26,27,28)/t19-/m1/s1. The number of aromatic amines is 1. The van der Waals surface area contributed by atoms with Gasteiger partial charge >= 0.3 is 0 Å². The normalized spacial score (nSPS) is 20.0. The molecule has 1 saturated heterocycles. The van der Waals surface area contributed by atoms with Crippen molar-refractivity contribution in [2.24, 2.45) is 5.92 Å². The SMILES string of the molecule is O=C(C1CCCCC1)N1CC[C@@H](c2ccc3c(NCc4ccccc4)n[nH]c3n2)C1. The Morgan fingerprint density at radius 3 is 2.73 bits per heavy atom. The van der Waals surface area contributed by atoms with Crippen LogP contribution in [0.5, 0.6) is 0 Å². The van der Waals surface area contributed by atoms with Gasteiger partial charge in [0.15, 0.2) is 11.5 Å². The minimum atomic E-state index is 0.249. The first-order valence-corrected chi connectivity index (χ1v) is 11.2. The second-order valence-electron chi connectivity index (χ2n) is 8.65. The Hall–Kier alpha value is -2.89. The van der Waals surface area contributed by atoms with Crippen molar-refractivity contribution >= 4 is 22.8 Å². The predicted molar refractivity (Wildman–Crippen MR) is 118 cm³/mol. The van der Waals surface area contributed by atoms with Crippen LogP contribution in [0.2, 0.25) is 0 Å². The van der Waals surface area contributed by atoms with Crippen LogP contribution >= 0.6 is 0 Å². The van der Waals surface area contributed by atoms with Gasteiger partial charge in [0.25, 0.3) is 0 Å². The minimum Gasteiger partial charge on any atom is -0.364 e. The Bertz CT molecular complexity index is 1010. The van der Waals surface area contributed by atoms with Crippen LogP contribution in [0.1, 0.15) is 55.7 Å². The van der Waals surface area contributed by atoms with Gasteiger partial charge < -0.3 is 10.2 Å². The second kappa shape index (κ2) is 8.46. The third kappa shape index (κ3) is 3.91. The molecular formula is C24H29N5O. The summed E-state index contributed by atoms with van der Waals surface area (Å²) in [7, 11) is 0. The molecule has 3 heterocycles. The summed E-state index contributed by atoms with van der Waals surface area (Å²) >= 11 is 0. The highest BCUT2D eigenvalue weighted by atomic mass is 16.2. The maximum atomic E-state index is 12.9. The van der Waals surface area contributed by atoms with Crippen LogP contribution in [-0.2, 0) is 11.3 Å². The van der Waals surface area contributed by atoms with E-state index in [1.807, 2.05) is 18.2 Å². The van der Waals surface area contributed by atoms with Crippen molar-refractivity contribution in [3.8, 4) is 0 Å². The monoisotopic (exact) mass is 403 g/mol. The molecule has 1 amide bonds. The average Bonchev–Trinajstić information content (AvgIpc) is 3.45. The number of H-pyrrole nitrogens is 1. The van der Waals surface area contributed by atoms with E-state index in [0.717, 1.165) is 61.4 Å². The zero-order valence-electron chi connectivity index (χ0n) is 17.3. The van der Waals surface area contributed by atoms with Crippen molar-refractivity contribution < 1.29 is 4.79 Å².